The predicted octanol–water partition coefficient (Wildman–Crippen LogP) is 1.91. The van der Waals surface area contributed by atoms with Crippen LogP contribution >= 0.6 is 0 Å². The van der Waals surface area contributed by atoms with E-state index in [9.17, 15) is 4.79 Å². The first kappa shape index (κ1) is 12.0. The lowest BCUT2D eigenvalue weighted by molar-refractivity contribution is -0.140. The number of hydrogen-bond donors (Lipinski definition) is 0. The molecule has 5 heteroatoms. The van der Waals surface area contributed by atoms with E-state index in [4.69, 9.17) is 10.1 Å². The minimum Gasteiger partial charge on any atom is -0.305 e. The van der Waals surface area contributed by atoms with Crippen LogP contribution in [0.1, 0.15) is 18.4 Å². The van der Waals surface area contributed by atoms with Gasteiger partial charge in [0.2, 0.25) is 0 Å². The molecular weight excluding hydrogens is 242 g/mol. The van der Waals surface area contributed by atoms with Gasteiger partial charge in [-0.15, -0.1) is 0 Å². The van der Waals surface area contributed by atoms with Crippen LogP contribution in [0.4, 0.5) is 4.79 Å². The lowest BCUT2D eigenvalue weighted by atomic mass is 10.0. The Bertz CT molecular complexity index is 511. The molecule has 2 bridgehead atoms. The first-order valence-electron chi connectivity index (χ1n) is 6.46. The van der Waals surface area contributed by atoms with Crippen LogP contribution in [0.3, 0.4) is 0 Å². The number of nitriles is 1. The van der Waals surface area contributed by atoms with Crippen LogP contribution in [0, 0.1) is 11.3 Å². The first-order valence-corrected chi connectivity index (χ1v) is 6.46. The lowest BCUT2D eigenvalue weighted by Crippen LogP contribution is -2.38. The Hall–Kier alpha value is -2.06. The molecule has 0 saturated carbocycles. The number of carbonyl (C=O) groups is 1. The van der Waals surface area contributed by atoms with Crippen LogP contribution in [0.2, 0.25) is 0 Å². The molecule has 2 amide bonds. The van der Waals surface area contributed by atoms with Gasteiger partial charge in [-0.1, -0.05) is 30.3 Å². The van der Waals surface area contributed by atoms with Gasteiger partial charge >= 0.3 is 6.03 Å². The first-order chi connectivity index (χ1) is 9.29. The van der Waals surface area contributed by atoms with Crippen molar-refractivity contribution in [1.29, 1.82) is 5.26 Å². The SMILES string of the molecule is N#C[C@@H]1CC[C@@H]2CN1C(=O)N2OCc1ccccc1. The molecule has 2 atom stereocenters. The van der Waals surface area contributed by atoms with Gasteiger partial charge in [0, 0.05) is 6.54 Å². The molecule has 2 aliphatic rings. The maximum atomic E-state index is 12.2. The third kappa shape index (κ3) is 2.15. The second kappa shape index (κ2) is 4.90. The van der Waals surface area contributed by atoms with Crippen LogP contribution in [-0.2, 0) is 11.4 Å². The Labute approximate surface area is 111 Å². The number of hydrogen-bond acceptors (Lipinski definition) is 3. The summed E-state index contributed by atoms with van der Waals surface area (Å²) in [5.41, 5.74) is 1.03. The summed E-state index contributed by atoms with van der Waals surface area (Å²) in [4.78, 5) is 19.4. The summed E-state index contributed by atoms with van der Waals surface area (Å²) in [6.45, 7) is 0.986. The molecule has 0 aliphatic carbocycles. The van der Waals surface area contributed by atoms with Crippen molar-refractivity contribution in [3.63, 3.8) is 0 Å². The molecule has 2 fully saturated rings. The van der Waals surface area contributed by atoms with E-state index in [2.05, 4.69) is 6.07 Å². The van der Waals surface area contributed by atoms with E-state index >= 15 is 0 Å². The van der Waals surface area contributed by atoms with Crippen molar-refractivity contribution < 1.29 is 9.63 Å². The highest BCUT2D eigenvalue weighted by Gasteiger charge is 2.45. The minimum absolute atomic E-state index is 0.0841. The van der Waals surface area contributed by atoms with E-state index in [1.165, 1.54) is 5.06 Å². The number of piperidine rings is 1. The maximum Gasteiger partial charge on any atom is 0.345 e. The maximum absolute atomic E-state index is 12.2. The fraction of sp³-hybridized carbons (Fsp3) is 0.429. The van der Waals surface area contributed by atoms with Crippen LogP contribution in [0.15, 0.2) is 30.3 Å². The highest BCUT2D eigenvalue weighted by molar-refractivity contribution is 5.77. The van der Waals surface area contributed by atoms with Gasteiger partial charge in [0.05, 0.1) is 12.1 Å². The lowest BCUT2D eigenvalue weighted by Gasteiger charge is -2.25. The van der Waals surface area contributed by atoms with Gasteiger partial charge in [0.15, 0.2) is 0 Å². The van der Waals surface area contributed by atoms with Crippen molar-refractivity contribution in [3.05, 3.63) is 35.9 Å². The number of benzene rings is 1. The van der Waals surface area contributed by atoms with Gasteiger partial charge in [-0.3, -0.25) is 4.84 Å². The zero-order valence-electron chi connectivity index (χ0n) is 10.5. The van der Waals surface area contributed by atoms with E-state index < -0.39 is 0 Å². The largest absolute Gasteiger partial charge is 0.345 e. The Balaban J connectivity index is 1.66. The average molecular weight is 257 g/mol. The van der Waals surface area contributed by atoms with Gasteiger partial charge in [-0.05, 0) is 18.4 Å². The van der Waals surface area contributed by atoms with Crippen molar-refractivity contribution in [2.45, 2.75) is 31.5 Å². The molecule has 2 aliphatic heterocycles. The summed E-state index contributed by atoms with van der Waals surface area (Å²) in [5, 5.41) is 10.5. The summed E-state index contributed by atoms with van der Waals surface area (Å²) < 4.78 is 0. The van der Waals surface area contributed by atoms with Gasteiger partial charge in [-0.2, -0.15) is 10.3 Å². The van der Waals surface area contributed by atoms with Gasteiger partial charge in [0.1, 0.15) is 12.6 Å². The monoisotopic (exact) mass is 257 g/mol. The molecule has 2 saturated heterocycles. The number of hydroxylamine groups is 2. The van der Waals surface area contributed by atoms with E-state index in [0.29, 0.717) is 13.2 Å². The van der Waals surface area contributed by atoms with Gasteiger partial charge < -0.3 is 4.90 Å². The summed E-state index contributed by atoms with van der Waals surface area (Å²) in [5.74, 6) is 0. The van der Waals surface area contributed by atoms with E-state index in [-0.39, 0.29) is 18.1 Å². The van der Waals surface area contributed by atoms with Crippen molar-refractivity contribution in [2.24, 2.45) is 0 Å². The molecule has 2 heterocycles. The molecule has 0 spiro atoms. The highest BCUT2D eigenvalue weighted by atomic mass is 16.7. The molecule has 3 rings (SSSR count). The van der Waals surface area contributed by atoms with Crippen LogP contribution in [0.5, 0.6) is 0 Å². The molecule has 5 nitrogen and oxygen atoms in total. The van der Waals surface area contributed by atoms with Crippen molar-refractivity contribution >= 4 is 6.03 Å². The summed E-state index contributed by atoms with van der Waals surface area (Å²) in [6.07, 6.45) is 1.56. The Morgan fingerprint density at radius 3 is 2.84 bits per heavy atom. The average Bonchev–Trinajstić information content (AvgIpc) is 2.71. The van der Waals surface area contributed by atoms with Crippen molar-refractivity contribution in [1.82, 2.24) is 9.96 Å². The molecule has 1 aromatic rings. The van der Waals surface area contributed by atoms with Crippen LogP contribution < -0.4 is 0 Å². The summed E-state index contributed by atoms with van der Waals surface area (Å²) >= 11 is 0. The van der Waals surface area contributed by atoms with E-state index in [1.54, 1.807) is 4.90 Å². The summed E-state index contributed by atoms with van der Waals surface area (Å²) in [6, 6.07) is 11.5. The number of urea groups is 1. The van der Waals surface area contributed by atoms with Gasteiger partial charge in [0.25, 0.3) is 0 Å². The fourth-order valence-corrected chi connectivity index (χ4v) is 2.65. The van der Waals surface area contributed by atoms with Crippen LogP contribution in [0.25, 0.3) is 0 Å². The molecule has 0 aromatic heterocycles. The predicted molar refractivity (Wildman–Crippen MR) is 67.6 cm³/mol. The standard InChI is InChI=1S/C14H15N3O2/c15-8-12-6-7-13-9-16(12)14(18)17(13)19-10-11-4-2-1-3-5-11/h1-5,12-13H,6-7,9-10H2/t12-,13+/m0/s1. The molecule has 98 valence electrons. The normalized spacial score (nSPS) is 25.5. The number of amides is 2. The third-order valence-electron chi connectivity index (χ3n) is 3.69. The van der Waals surface area contributed by atoms with Gasteiger partial charge in [-0.25, -0.2) is 4.79 Å². The van der Waals surface area contributed by atoms with E-state index in [1.807, 2.05) is 30.3 Å². The second-order valence-corrected chi connectivity index (χ2v) is 4.90. The highest BCUT2D eigenvalue weighted by Crippen LogP contribution is 2.29. The Morgan fingerprint density at radius 2 is 2.11 bits per heavy atom. The zero-order chi connectivity index (χ0) is 13.2. The Kier molecular flexibility index (Phi) is 3.10. The van der Waals surface area contributed by atoms with Crippen molar-refractivity contribution in [3.8, 4) is 6.07 Å². The topological polar surface area (TPSA) is 56.6 Å². The zero-order valence-corrected chi connectivity index (χ0v) is 10.5. The van der Waals surface area contributed by atoms with Crippen molar-refractivity contribution in [2.75, 3.05) is 6.54 Å². The number of rotatable bonds is 3. The molecule has 1 aromatic carbocycles. The molecule has 19 heavy (non-hydrogen) atoms. The van der Waals surface area contributed by atoms with E-state index in [0.717, 1.165) is 18.4 Å². The molecule has 0 N–H and O–H groups in total. The smallest absolute Gasteiger partial charge is 0.305 e. The summed E-state index contributed by atoms with van der Waals surface area (Å²) in [7, 11) is 0. The molecule has 0 radical (unpaired) electrons. The minimum atomic E-state index is -0.297. The van der Waals surface area contributed by atoms with Crippen LogP contribution in [-0.4, -0.2) is 34.6 Å². The third-order valence-corrected chi connectivity index (χ3v) is 3.69. The Morgan fingerprint density at radius 1 is 1.32 bits per heavy atom. The fourth-order valence-electron chi connectivity index (χ4n) is 2.65. The molecular formula is C14H15N3O2. The molecule has 0 unspecified atom stereocenters. The second-order valence-electron chi connectivity index (χ2n) is 4.90. The quantitative estimate of drug-likeness (QED) is 0.831. The number of fused-ring (bicyclic) bond motifs is 2. The number of nitrogens with zero attached hydrogens (tertiary/aromatic N) is 3. The number of carbonyl (C=O) groups excluding carboxylic acids is 1.